The molecule has 0 aliphatic rings. The topological polar surface area (TPSA) is 43.3 Å². The minimum atomic E-state index is -0.370. The van der Waals surface area contributed by atoms with Crippen LogP contribution in [0.1, 0.15) is 12.8 Å². The van der Waals surface area contributed by atoms with Crippen LogP contribution in [0.25, 0.3) is 10.9 Å². The molecule has 0 unspecified atom stereocenters. The Kier molecular flexibility index (Phi) is 5.67. The standard InChI is InChI=1S/C20H21FN2O2/c21-17-7-2-4-9-19(17)25-15-5-12-22-20(24)11-14-23-13-10-16-6-1-3-8-18(16)23/h1-4,6-10,13H,5,11-12,14-15H2,(H,22,24). The predicted octanol–water partition coefficient (Wildman–Crippen LogP) is 3.76. The second kappa shape index (κ2) is 8.33. The molecule has 1 heterocycles. The van der Waals surface area contributed by atoms with Gasteiger partial charge < -0.3 is 14.6 Å². The largest absolute Gasteiger partial charge is 0.490 e. The van der Waals surface area contributed by atoms with Crippen LogP contribution in [-0.2, 0) is 11.3 Å². The first-order valence-electron chi connectivity index (χ1n) is 8.42. The summed E-state index contributed by atoms with van der Waals surface area (Å²) in [5.41, 5.74) is 1.13. The Bertz CT molecular complexity index is 844. The van der Waals surface area contributed by atoms with Gasteiger partial charge in [-0.3, -0.25) is 4.79 Å². The highest BCUT2D eigenvalue weighted by Crippen LogP contribution is 2.16. The summed E-state index contributed by atoms with van der Waals surface area (Å²) >= 11 is 0. The molecule has 0 bridgehead atoms. The van der Waals surface area contributed by atoms with Crippen LogP contribution >= 0.6 is 0 Å². The van der Waals surface area contributed by atoms with Crippen molar-refractivity contribution in [1.82, 2.24) is 9.88 Å². The van der Waals surface area contributed by atoms with Crippen molar-refractivity contribution >= 4 is 16.8 Å². The van der Waals surface area contributed by atoms with Gasteiger partial charge in [-0.05, 0) is 36.1 Å². The molecule has 25 heavy (non-hydrogen) atoms. The predicted molar refractivity (Wildman–Crippen MR) is 96.1 cm³/mol. The fourth-order valence-electron chi connectivity index (χ4n) is 2.69. The number of para-hydroxylation sites is 2. The van der Waals surface area contributed by atoms with Crippen molar-refractivity contribution in [2.75, 3.05) is 13.2 Å². The van der Waals surface area contributed by atoms with Crippen molar-refractivity contribution in [2.45, 2.75) is 19.4 Å². The summed E-state index contributed by atoms with van der Waals surface area (Å²) in [4.78, 5) is 11.9. The smallest absolute Gasteiger partial charge is 0.221 e. The highest BCUT2D eigenvalue weighted by molar-refractivity contribution is 5.80. The second-order valence-electron chi connectivity index (χ2n) is 5.80. The molecule has 0 spiro atoms. The van der Waals surface area contributed by atoms with E-state index in [4.69, 9.17) is 4.74 Å². The zero-order chi connectivity index (χ0) is 17.5. The van der Waals surface area contributed by atoms with E-state index in [2.05, 4.69) is 16.0 Å². The molecule has 0 saturated carbocycles. The molecule has 130 valence electrons. The first-order valence-corrected chi connectivity index (χ1v) is 8.42. The molecule has 3 rings (SSSR count). The number of rotatable bonds is 8. The summed E-state index contributed by atoms with van der Waals surface area (Å²) in [6, 6.07) is 16.5. The quantitative estimate of drug-likeness (QED) is 0.635. The highest BCUT2D eigenvalue weighted by atomic mass is 19.1. The summed E-state index contributed by atoms with van der Waals surface area (Å²) < 4.78 is 20.8. The van der Waals surface area contributed by atoms with Gasteiger partial charge in [0.05, 0.1) is 6.61 Å². The summed E-state index contributed by atoms with van der Waals surface area (Å²) in [5.74, 6) is -0.123. The zero-order valence-electron chi connectivity index (χ0n) is 14.0. The lowest BCUT2D eigenvalue weighted by Gasteiger charge is -2.09. The lowest BCUT2D eigenvalue weighted by atomic mass is 10.2. The second-order valence-corrected chi connectivity index (χ2v) is 5.80. The molecular formula is C20H21FN2O2. The molecule has 1 N–H and O–H groups in total. The number of halogens is 1. The number of amides is 1. The van der Waals surface area contributed by atoms with Crippen LogP contribution in [0.15, 0.2) is 60.8 Å². The monoisotopic (exact) mass is 340 g/mol. The van der Waals surface area contributed by atoms with Crippen molar-refractivity contribution < 1.29 is 13.9 Å². The van der Waals surface area contributed by atoms with Gasteiger partial charge in [-0.2, -0.15) is 0 Å². The lowest BCUT2D eigenvalue weighted by Crippen LogP contribution is -2.26. The molecule has 2 aromatic carbocycles. The average Bonchev–Trinajstić information content (AvgIpc) is 3.04. The van der Waals surface area contributed by atoms with Gasteiger partial charge in [-0.1, -0.05) is 30.3 Å². The zero-order valence-corrected chi connectivity index (χ0v) is 14.0. The number of aryl methyl sites for hydroxylation is 1. The van der Waals surface area contributed by atoms with E-state index in [1.54, 1.807) is 18.2 Å². The molecular weight excluding hydrogens is 319 g/mol. The first kappa shape index (κ1) is 17.0. The molecule has 1 aromatic heterocycles. The van der Waals surface area contributed by atoms with Crippen LogP contribution < -0.4 is 10.1 Å². The van der Waals surface area contributed by atoms with Crippen molar-refractivity contribution in [1.29, 1.82) is 0 Å². The van der Waals surface area contributed by atoms with E-state index >= 15 is 0 Å². The summed E-state index contributed by atoms with van der Waals surface area (Å²) in [7, 11) is 0. The minimum Gasteiger partial charge on any atom is -0.490 e. The fourth-order valence-corrected chi connectivity index (χ4v) is 2.69. The number of hydrogen-bond acceptors (Lipinski definition) is 2. The van der Waals surface area contributed by atoms with Crippen molar-refractivity contribution in [3.8, 4) is 5.75 Å². The van der Waals surface area contributed by atoms with Crippen LogP contribution in [0.3, 0.4) is 0 Å². The van der Waals surface area contributed by atoms with Gasteiger partial charge in [0.15, 0.2) is 11.6 Å². The Morgan fingerprint density at radius 1 is 1.08 bits per heavy atom. The van der Waals surface area contributed by atoms with Gasteiger partial charge in [0, 0.05) is 31.2 Å². The number of carbonyl (C=O) groups is 1. The Morgan fingerprint density at radius 2 is 1.88 bits per heavy atom. The van der Waals surface area contributed by atoms with E-state index < -0.39 is 0 Å². The molecule has 0 aliphatic heterocycles. The van der Waals surface area contributed by atoms with E-state index in [0.29, 0.717) is 32.5 Å². The van der Waals surface area contributed by atoms with E-state index in [1.165, 1.54) is 11.5 Å². The van der Waals surface area contributed by atoms with E-state index in [1.807, 2.05) is 30.5 Å². The molecule has 0 fully saturated rings. The Hall–Kier alpha value is -2.82. The molecule has 3 aromatic rings. The number of benzene rings is 2. The van der Waals surface area contributed by atoms with Crippen molar-refractivity contribution in [3.63, 3.8) is 0 Å². The van der Waals surface area contributed by atoms with E-state index in [-0.39, 0.29) is 17.5 Å². The third-order valence-electron chi connectivity index (χ3n) is 4.00. The Labute approximate surface area is 146 Å². The highest BCUT2D eigenvalue weighted by Gasteiger charge is 2.05. The third-order valence-corrected chi connectivity index (χ3v) is 4.00. The number of aromatic nitrogens is 1. The summed E-state index contributed by atoms with van der Waals surface area (Å²) in [6.07, 6.45) is 3.06. The lowest BCUT2D eigenvalue weighted by molar-refractivity contribution is -0.121. The van der Waals surface area contributed by atoms with Crippen LogP contribution in [0.2, 0.25) is 0 Å². The Balaban J connectivity index is 1.35. The third kappa shape index (κ3) is 4.59. The normalized spacial score (nSPS) is 10.8. The molecule has 1 amide bonds. The van der Waals surface area contributed by atoms with Gasteiger partial charge in [0.1, 0.15) is 0 Å². The van der Waals surface area contributed by atoms with Gasteiger partial charge in [-0.15, -0.1) is 0 Å². The number of nitrogens with one attached hydrogen (secondary N) is 1. The SMILES string of the molecule is O=C(CCn1ccc2ccccc21)NCCCOc1ccccc1F. The fraction of sp³-hybridized carbons (Fsp3) is 0.250. The maximum Gasteiger partial charge on any atom is 0.221 e. The molecule has 4 nitrogen and oxygen atoms in total. The number of hydrogen-bond donors (Lipinski definition) is 1. The van der Waals surface area contributed by atoms with Crippen LogP contribution in [-0.4, -0.2) is 23.6 Å². The van der Waals surface area contributed by atoms with Crippen LogP contribution in [0, 0.1) is 5.82 Å². The maximum absolute atomic E-state index is 13.4. The van der Waals surface area contributed by atoms with Crippen molar-refractivity contribution in [3.05, 3.63) is 66.6 Å². The molecule has 0 radical (unpaired) electrons. The molecule has 5 heteroatoms. The van der Waals surface area contributed by atoms with Gasteiger partial charge in [0.2, 0.25) is 5.91 Å². The summed E-state index contributed by atoms with van der Waals surface area (Å²) in [5, 5.41) is 4.04. The Morgan fingerprint density at radius 3 is 2.76 bits per heavy atom. The number of fused-ring (bicyclic) bond motifs is 1. The first-order chi connectivity index (χ1) is 12.2. The maximum atomic E-state index is 13.4. The van der Waals surface area contributed by atoms with E-state index in [9.17, 15) is 9.18 Å². The molecule has 0 atom stereocenters. The summed E-state index contributed by atoms with van der Waals surface area (Å²) in [6.45, 7) is 1.52. The average molecular weight is 340 g/mol. The van der Waals surface area contributed by atoms with Gasteiger partial charge in [-0.25, -0.2) is 4.39 Å². The minimum absolute atomic E-state index is 0.00340. The van der Waals surface area contributed by atoms with Gasteiger partial charge >= 0.3 is 0 Å². The van der Waals surface area contributed by atoms with Gasteiger partial charge in [0.25, 0.3) is 0 Å². The van der Waals surface area contributed by atoms with Crippen LogP contribution in [0.4, 0.5) is 4.39 Å². The molecule has 0 aliphatic carbocycles. The molecule has 0 saturated heterocycles. The number of nitrogens with zero attached hydrogens (tertiary/aromatic N) is 1. The van der Waals surface area contributed by atoms with E-state index in [0.717, 1.165) is 5.52 Å². The van der Waals surface area contributed by atoms with Crippen molar-refractivity contribution in [2.24, 2.45) is 0 Å². The number of ether oxygens (including phenoxy) is 1. The van der Waals surface area contributed by atoms with Crippen LogP contribution in [0.5, 0.6) is 5.75 Å². The number of carbonyl (C=O) groups excluding carboxylic acids is 1.